The number of carbonyl (C=O) groups is 3. The molecule has 0 fully saturated rings. The van der Waals surface area contributed by atoms with Gasteiger partial charge in [0.25, 0.3) is 5.97 Å². The van der Waals surface area contributed by atoms with Crippen LogP contribution in [0.5, 0.6) is 0 Å². The molecule has 0 saturated heterocycles. The first-order valence-corrected chi connectivity index (χ1v) is 5.49. The van der Waals surface area contributed by atoms with Crippen LogP contribution in [0.2, 0.25) is 0 Å². The average molecular weight is 248 g/mol. The van der Waals surface area contributed by atoms with E-state index in [-0.39, 0.29) is 12.8 Å². The van der Waals surface area contributed by atoms with E-state index in [0.717, 1.165) is 26.2 Å². The van der Waals surface area contributed by atoms with Gasteiger partial charge in [-0.1, -0.05) is 19.3 Å². The summed E-state index contributed by atoms with van der Waals surface area (Å²) < 4.78 is 0. The van der Waals surface area contributed by atoms with Crippen LogP contribution in [0.4, 0.5) is 0 Å². The summed E-state index contributed by atoms with van der Waals surface area (Å²) in [6, 6.07) is 0. The van der Waals surface area contributed by atoms with Gasteiger partial charge < -0.3 is 15.3 Å². The minimum Gasteiger partial charge on any atom is -0.481 e. The Morgan fingerprint density at radius 2 is 0.941 bits per heavy atom. The Morgan fingerprint density at radius 1 is 0.706 bits per heavy atom. The third-order valence-electron chi connectivity index (χ3n) is 1.78. The van der Waals surface area contributed by atoms with Gasteiger partial charge in [-0.2, -0.15) is 0 Å². The highest BCUT2D eigenvalue weighted by Gasteiger charge is 1.98. The Morgan fingerprint density at radius 3 is 1.18 bits per heavy atom. The summed E-state index contributed by atoms with van der Waals surface area (Å²) in [6.45, 7) is 1.08. The van der Waals surface area contributed by atoms with Crippen LogP contribution in [-0.2, 0) is 14.4 Å². The summed E-state index contributed by atoms with van der Waals surface area (Å²) in [5.41, 5.74) is 0. The number of aliphatic carboxylic acids is 3. The maximum absolute atomic E-state index is 10.1. The summed E-state index contributed by atoms with van der Waals surface area (Å²) in [5, 5.41) is 24.0. The van der Waals surface area contributed by atoms with Crippen LogP contribution >= 0.6 is 0 Å². The predicted molar refractivity (Wildman–Crippen MR) is 60.9 cm³/mol. The highest BCUT2D eigenvalue weighted by molar-refractivity contribution is 5.66. The molecule has 0 aliphatic heterocycles. The minimum absolute atomic E-state index is 0.221. The monoisotopic (exact) mass is 248 g/mol. The first kappa shape index (κ1) is 17.8. The summed E-state index contributed by atoms with van der Waals surface area (Å²) in [7, 11) is 0. The van der Waals surface area contributed by atoms with Gasteiger partial charge in [0.15, 0.2) is 0 Å². The number of rotatable bonds is 8. The molecule has 0 aromatic carbocycles. The van der Waals surface area contributed by atoms with Gasteiger partial charge in [0.2, 0.25) is 0 Å². The van der Waals surface area contributed by atoms with Crippen LogP contribution in [0, 0.1) is 0 Å². The van der Waals surface area contributed by atoms with Gasteiger partial charge in [-0.25, -0.2) is 0 Å². The van der Waals surface area contributed by atoms with Gasteiger partial charge in [-0.05, 0) is 12.8 Å². The molecule has 0 aliphatic rings. The standard InChI is InChI=1S/C9H16O4.C2H4O2/c10-8(11)6-4-2-1-3-5-7-9(12)13;1-2(3)4/h1-7H2,(H,10,11)(H,12,13);1H3,(H,3,4). The Bertz CT molecular complexity index is 214. The normalized spacial score (nSPS) is 9.00. The molecule has 3 N–H and O–H groups in total. The number of carboxylic acids is 3. The lowest BCUT2D eigenvalue weighted by Crippen LogP contribution is -1.95. The van der Waals surface area contributed by atoms with Crippen molar-refractivity contribution in [2.45, 2.75) is 51.9 Å². The van der Waals surface area contributed by atoms with E-state index in [1.165, 1.54) is 0 Å². The lowest BCUT2D eigenvalue weighted by Gasteiger charge is -1.97. The van der Waals surface area contributed by atoms with Gasteiger partial charge in [0.05, 0.1) is 0 Å². The molecule has 0 spiro atoms. The maximum Gasteiger partial charge on any atom is 0.303 e. The Hall–Kier alpha value is -1.59. The highest BCUT2D eigenvalue weighted by atomic mass is 16.4. The van der Waals surface area contributed by atoms with Crippen molar-refractivity contribution in [1.29, 1.82) is 0 Å². The van der Waals surface area contributed by atoms with Crippen LogP contribution in [0.15, 0.2) is 0 Å². The van der Waals surface area contributed by atoms with Crippen molar-refractivity contribution >= 4 is 17.9 Å². The van der Waals surface area contributed by atoms with E-state index >= 15 is 0 Å². The SMILES string of the molecule is CC(=O)O.O=C(O)CCCCCCCC(=O)O. The topological polar surface area (TPSA) is 112 Å². The minimum atomic E-state index is -0.833. The van der Waals surface area contributed by atoms with Gasteiger partial charge >= 0.3 is 11.9 Å². The van der Waals surface area contributed by atoms with E-state index in [1.807, 2.05) is 0 Å². The molecular formula is C11H20O6. The summed E-state index contributed by atoms with van der Waals surface area (Å²) in [6.07, 6.45) is 4.53. The number of carboxylic acid groups (broad SMARTS) is 3. The van der Waals surface area contributed by atoms with Crippen molar-refractivity contribution in [3.63, 3.8) is 0 Å². The quantitative estimate of drug-likeness (QED) is 0.566. The summed E-state index contributed by atoms with van der Waals surface area (Å²) in [4.78, 5) is 29.2. The molecule has 0 aromatic rings. The molecule has 0 saturated carbocycles. The van der Waals surface area contributed by atoms with Crippen LogP contribution < -0.4 is 0 Å². The van der Waals surface area contributed by atoms with E-state index in [9.17, 15) is 9.59 Å². The van der Waals surface area contributed by atoms with Crippen LogP contribution in [0.3, 0.4) is 0 Å². The third kappa shape index (κ3) is 31.4. The zero-order chi connectivity index (χ0) is 13.7. The second-order valence-electron chi connectivity index (χ2n) is 3.57. The second kappa shape index (κ2) is 12.5. The highest BCUT2D eigenvalue weighted by Crippen LogP contribution is 2.06. The molecule has 0 aromatic heterocycles. The molecule has 0 heterocycles. The van der Waals surface area contributed by atoms with Crippen molar-refractivity contribution in [2.24, 2.45) is 0 Å². The zero-order valence-corrected chi connectivity index (χ0v) is 10.0. The Kier molecular flexibility index (Phi) is 13.1. The summed E-state index contributed by atoms with van der Waals surface area (Å²) >= 11 is 0. The molecule has 0 radical (unpaired) electrons. The fourth-order valence-corrected chi connectivity index (χ4v) is 1.08. The third-order valence-corrected chi connectivity index (χ3v) is 1.78. The van der Waals surface area contributed by atoms with Crippen LogP contribution in [-0.4, -0.2) is 33.2 Å². The van der Waals surface area contributed by atoms with Crippen molar-refractivity contribution < 1.29 is 29.7 Å². The fraction of sp³-hybridized carbons (Fsp3) is 0.727. The number of hydrogen-bond acceptors (Lipinski definition) is 3. The van der Waals surface area contributed by atoms with Crippen molar-refractivity contribution in [3.05, 3.63) is 0 Å². The van der Waals surface area contributed by atoms with Crippen LogP contribution in [0.25, 0.3) is 0 Å². The van der Waals surface area contributed by atoms with Crippen LogP contribution in [0.1, 0.15) is 51.9 Å². The molecule has 0 amide bonds. The van der Waals surface area contributed by atoms with E-state index in [0.29, 0.717) is 12.8 Å². The molecule has 6 nitrogen and oxygen atoms in total. The Balaban J connectivity index is 0. The largest absolute Gasteiger partial charge is 0.481 e. The Labute approximate surface area is 100 Å². The molecule has 0 unspecified atom stereocenters. The molecule has 0 bridgehead atoms. The zero-order valence-electron chi connectivity index (χ0n) is 10.0. The maximum atomic E-state index is 10.1. The lowest BCUT2D eigenvalue weighted by atomic mass is 10.1. The first-order valence-electron chi connectivity index (χ1n) is 5.49. The van der Waals surface area contributed by atoms with E-state index < -0.39 is 17.9 Å². The number of hydrogen-bond donors (Lipinski definition) is 3. The van der Waals surface area contributed by atoms with Gasteiger partial charge in [0, 0.05) is 19.8 Å². The van der Waals surface area contributed by atoms with Gasteiger partial charge in [-0.15, -0.1) is 0 Å². The van der Waals surface area contributed by atoms with Gasteiger partial charge in [0.1, 0.15) is 0 Å². The lowest BCUT2D eigenvalue weighted by molar-refractivity contribution is -0.138. The second-order valence-corrected chi connectivity index (χ2v) is 3.57. The van der Waals surface area contributed by atoms with E-state index in [4.69, 9.17) is 20.1 Å². The molecule has 17 heavy (non-hydrogen) atoms. The molecule has 100 valence electrons. The molecule has 6 heteroatoms. The number of unbranched alkanes of at least 4 members (excludes halogenated alkanes) is 4. The molecule has 0 atom stereocenters. The smallest absolute Gasteiger partial charge is 0.303 e. The van der Waals surface area contributed by atoms with E-state index in [2.05, 4.69) is 0 Å². The first-order chi connectivity index (χ1) is 7.86. The van der Waals surface area contributed by atoms with E-state index in [1.54, 1.807) is 0 Å². The predicted octanol–water partition coefficient (Wildman–Crippen LogP) is 1.98. The molecule has 0 aliphatic carbocycles. The van der Waals surface area contributed by atoms with Gasteiger partial charge in [-0.3, -0.25) is 14.4 Å². The van der Waals surface area contributed by atoms with Crippen molar-refractivity contribution in [1.82, 2.24) is 0 Å². The van der Waals surface area contributed by atoms with Crippen molar-refractivity contribution in [2.75, 3.05) is 0 Å². The van der Waals surface area contributed by atoms with Crippen molar-refractivity contribution in [3.8, 4) is 0 Å². The average Bonchev–Trinajstić information content (AvgIpc) is 2.14. The molecule has 0 rings (SSSR count). The summed E-state index contributed by atoms with van der Waals surface area (Å²) in [5.74, 6) is -2.35. The molecular weight excluding hydrogens is 228 g/mol. The fourth-order valence-electron chi connectivity index (χ4n) is 1.08.